The van der Waals surface area contributed by atoms with Crippen LogP contribution in [0.4, 0.5) is 0 Å². The minimum Gasteiger partial charge on any atom is -0.507 e. The molecule has 1 unspecified atom stereocenters. The van der Waals surface area contributed by atoms with Gasteiger partial charge in [0.1, 0.15) is 31.4 Å². The molecule has 0 saturated carbocycles. The Morgan fingerprint density at radius 2 is 1.86 bits per heavy atom. The van der Waals surface area contributed by atoms with Gasteiger partial charge in [-0.15, -0.1) is 0 Å². The third-order valence-corrected chi connectivity index (χ3v) is 6.69. The van der Waals surface area contributed by atoms with Crippen molar-refractivity contribution in [2.75, 3.05) is 19.8 Å². The number of benzene rings is 2. The van der Waals surface area contributed by atoms with E-state index in [0.717, 1.165) is 11.1 Å². The van der Waals surface area contributed by atoms with Crippen molar-refractivity contribution in [2.45, 2.75) is 38.8 Å². The van der Waals surface area contributed by atoms with E-state index in [9.17, 15) is 14.7 Å². The number of hydrogen-bond donors (Lipinski definition) is 2. The summed E-state index contributed by atoms with van der Waals surface area (Å²) in [5, 5.41) is 11.4. The highest BCUT2D eigenvalue weighted by atomic mass is 16.6. The number of aromatic nitrogens is 2. The first kappa shape index (κ1) is 23.7. The number of ketones is 1. The zero-order valence-electron chi connectivity index (χ0n) is 20.4. The minimum atomic E-state index is -0.686. The maximum atomic E-state index is 13.3. The topological polar surface area (TPSA) is 95.7 Å². The molecular formula is C28H30N3O5+. The van der Waals surface area contributed by atoms with Crippen LogP contribution in [-0.2, 0) is 16.1 Å². The van der Waals surface area contributed by atoms with Crippen LogP contribution in [-0.4, -0.2) is 46.4 Å². The zero-order chi connectivity index (χ0) is 25.2. The molecule has 2 aliphatic rings. The van der Waals surface area contributed by atoms with E-state index in [2.05, 4.69) is 18.8 Å². The van der Waals surface area contributed by atoms with Gasteiger partial charge in [-0.05, 0) is 35.2 Å². The fraction of sp³-hybridized carbons (Fsp3) is 0.321. The molecule has 1 aromatic heterocycles. The number of nitrogens with zero attached hydrogens (tertiary/aromatic N) is 2. The van der Waals surface area contributed by atoms with E-state index in [4.69, 9.17) is 9.47 Å². The Labute approximate surface area is 209 Å². The number of H-pyrrole nitrogens is 1. The van der Waals surface area contributed by atoms with E-state index in [1.807, 2.05) is 47.6 Å². The van der Waals surface area contributed by atoms with E-state index < -0.39 is 17.7 Å². The van der Waals surface area contributed by atoms with E-state index >= 15 is 0 Å². The number of amides is 1. The Morgan fingerprint density at radius 1 is 1.11 bits per heavy atom. The highest BCUT2D eigenvalue weighted by Gasteiger charge is 2.46. The first-order valence-corrected chi connectivity index (χ1v) is 12.2. The summed E-state index contributed by atoms with van der Waals surface area (Å²) in [6, 6.07) is 12.3. The number of rotatable bonds is 7. The number of likely N-dealkylation sites (tertiary alicyclic amines) is 1. The number of carbonyl (C=O) groups is 2. The largest absolute Gasteiger partial charge is 0.507 e. The maximum absolute atomic E-state index is 13.3. The molecule has 1 saturated heterocycles. The van der Waals surface area contributed by atoms with Gasteiger partial charge in [0.25, 0.3) is 11.7 Å². The normalized spacial score (nSPS) is 18.8. The average Bonchev–Trinajstić information content (AvgIpc) is 3.50. The highest BCUT2D eigenvalue weighted by molar-refractivity contribution is 6.46. The Kier molecular flexibility index (Phi) is 6.50. The molecule has 2 N–H and O–H groups in total. The van der Waals surface area contributed by atoms with Crippen molar-refractivity contribution in [3.63, 3.8) is 0 Å². The number of fused-ring (bicyclic) bond motifs is 1. The van der Waals surface area contributed by atoms with Crippen LogP contribution in [0.15, 0.2) is 66.8 Å². The predicted octanol–water partition coefficient (Wildman–Crippen LogP) is 3.71. The number of carbonyl (C=O) groups excluding carboxylic acids is 2. The third-order valence-electron chi connectivity index (χ3n) is 6.69. The number of ether oxygens (including phenoxy) is 2. The number of hydrogen-bond acceptors (Lipinski definition) is 5. The molecule has 3 aromatic rings. The van der Waals surface area contributed by atoms with Crippen LogP contribution in [0.25, 0.3) is 5.76 Å². The van der Waals surface area contributed by atoms with Gasteiger partial charge >= 0.3 is 0 Å². The molecule has 1 atom stereocenters. The smallest absolute Gasteiger partial charge is 0.295 e. The lowest BCUT2D eigenvalue weighted by Gasteiger charge is -2.25. The minimum absolute atomic E-state index is 0.0864. The Hall–Kier alpha value is -4.07. The SMILES string of the molecule is CC(C)c1ccc(C2C(=C(O)c3ccc4c(c3)OCCO4)C(=O)C(=O)N2CCC[n+]2cc[nH]c2)cc1. The molecular weight excluding hydrogens is 458 g/mol. The van der Waals surface area contributed by atoms with Gasteiger partial charge < -0.3 is 19.5 Å². The molecule has 8 heteroatoms. The van der Waals surface area contributed by atoms with E-state index in [-0.39, 0.29) is 11.3 Å². The number of Topliss-reactive ketones (excluding diaryl/α,β-unsaturated/α-hetero) is 1. The maximum Gasteiger partial charge on any atom is 0.295 e. The zero-order valence-corrected chi connectivity index (χ0v) is 20.4. The monoisotopic (exact) mass is 488 g/mol. The Bertz CT molecular complexity index is 1300. The molecule has 2 aromatic carbocycles. The van der Waals surface area contributed by atoms with Crippen LogP contribution in [0.2, 0.25) is 0 Å². The van der Waals surface area contributed by atoms with E-state index in [1.165, 1.54) is 0 Å². The van der Waals surface area contributed by atoms with Crippen LogP contribution < -0.4 is 14.0 Å². The third kappa shape index (κ3) is 4.46. The number of aromatic amines is 1. The molecule has 0 bridgehead atoms. The summed E-state index contributed by atoms with van der Waals surface area (Å²) in [7, 11) is 0. The molecule has 186 valence electrons. The summed E-state index contributed by atoms with van der Waals surface area (Å²) in [6.07, 6.45) is 6.24. The second-order valence-corrected chi connectivity index (χ2v) is 9.38. The second-order valence-electron chi connectivity index (χ2n) is 9.38. The van der Waals surface area contributed by atoms with Crippen molar-refractivity contribution in [2.24, 2.45) is 0 Å². The molecule has 1 fully saturated rings. The fourth-order valence-electron chi connectivity index (χ4n) is 4.75. The number of nitrogens with one attached hydrogen (secondary N) is 1. The molecule has 1 amide bonds. The highest BCUT2D eigenvalue weighted by Crippen LogP contribution is 2.41. The summed E-state index contributed by atoms with van der Waals surface area (Å²) in [4.78, 5) is 31.1. The van der Waals surface area contributed by atoms with Crippen LogP contribution in [0.1, 0.15) is 48.9 Å². The van der Waals surface area contributed by atoms with Gasteiger partial charge in [0.05, 0.1) is 18.2 Å². The van der Waals surface area contributed by atoms with Gasteiger partial charge in [0.15, 0.2) is 11.5 Å². The van der Waals surface area contributed by atoms with Gasteiger partial charge in [0.2, 0.25) is 6.33 Å². The quantitative estimate of drug-likeness (QED) is 0.229. The lowest BCUT2D eigenvalue weighted by atomic mass is 9.93. The number of imidazole rings is 1. The summed E-state index contributed by atoms with van der Waals surface area (Å²) in [6.45, 7) is 6.15. The van der Waals surface area contributed by atoms with Gasteiger partial charge in [-0.25, -0.2) is 4.57 Å². The van der Waals surface area contributed by atoms with Crippen molar-refractivity contribution in [3.05, 3.63) is 83.4 Å². The van der Waals surface area contributed by atoms with Crippen molar-refractivity contribution in [1.29, 1.82) is 0 Å². The second kappa shape index (κ2) is 9.89. The molecule has 2 aliphatic heterocycles. The first-order chi connectivity index (χ1) is 17.4. The lowest BCUT2D eigenvalue weighted by molar-refractivity contribution is -0.695. The van der Waals surface area contributed by atoms with Gasteiger partial charge in [-0.1, -0.05) is 38.1 Å². The molecule has 5 rings (SSSR count). The molecule has 3 heterocycles. The fourth-order valence-corrected chi connectivity index (χ4v) is 4.75. The molecule has 8 nitrogen and oxygen atoms in total. The molecule has 0 aliphatic carbocycles. The average molecular weight is 489 g/mol. The number of aryl methyl sites for hydroxylation is 1. The van der Waals surface area contributed by atoms with Crippen molar-refractivity contribution >= 4 is 17.4 Å². The molecule has 36 heavy (non-hydrogen) atoms. The number of aliphatic hydroxyl groups excluding tert-OH is 1. The Morgan fingerprint density at radius 3 is 2.56 bits per heavy atom. The molecule has 0 spiro atoms. The van der Waals surface area contributed by atoms with Crippen LogP contribution in [0.3, 0.4) is 0 Å². The Balaban J connectivity index is 1.53. The van der Waals surface area contributed by atoms with E-state index in [1.54, 1.807) is 23.1 Å². The molecule has 0 radical (unpaired) electrons. The van der Waals surface area contributed by atoms with Crippen molar-refractivity contribution < 1.29 is 28.7 Å². The van der Waals surface area contributed by atoms with Gasteiger partial charge in [-0.2, -0.15) is 0 Å². The van der Waals surface area contributed by atoms with Gasteiger partial charge in [-0.3, -0.25) is 14.6 Å². The summed E-state index contributed by atoms with van der Waals surface area (Å²) in [5.41, 5.74) is 2.44. The lowest BCUT2D eigenvalue weighted by Crippen LogP contribution is -2.36. The van der Waals surface area contributed by atoms with Crippen LogP contribution in [0.5, 0.6) is 11.5 Å². The van der Waals surface area contributed by atoms with Crippen LogP contribution >= 0.6 is 0 Å². The summed E-state index contributed by atoms with van der Waals surface area (Å²) >= 11 is 0. The van der Waals surface area contributed by atoms with Crippen molar-refractivity contribution in [3.8, 4) is 11.5 Å². The van der Waals surface area contributed by atoms with Crippen LogP contribution in [0, 0.1) is 0 Å². The summed E-state index contributed by atoms with van der Waals surface area (Å²) < 4.78 is 13.2. The first-order valence-electron chi connectivity index (χ1n) is 12.2. The number of aliphatic hydroxyl groups is 1. The van der Waals surface area contributed by atoms with E-state index in [0.29, 0.717) is 55.7 Å². The summed E-state index contributed by atoms with van der Waals surface area (Å²) in [5.74, 6) is -0.0739. The standard InChI is InChI=1S/C28H29N3O5/c1-18(2)19-4-6-20(7-5-19)25-24(26(32)21-8-9-22-23(16-21)36-15-14-35-22)27(33)28(34)31(25)12-3-11-30-13-10-29-17-30/h4-10,13,16-18,25H,3,11-12,14-15H2,1-2H3,(H,32,33)/p+1. The van der Waals surface area contributed by atoms with Crippen molar-refractivity contribution in [1.82, 2.24) is 9.88 Å². The predicted molar refractivity (Wildman–Crippen MR) is 133 cm³/mol. The van der Waals surface area contributed by atoms with Gasteiger partial charge in [0, 0.05) is 18.5 Å².